The molecule has 4 heteroatoms. The number of benzene rings is 1. The third kappa shape index (κ3) is 3.19. The number of hydrogen-bond acceptors (Lipinski definition) is 2. The molecule has 2 unspecified atom stereocenters. The second-order valence-electron chi connectivity index (χ2n) is 4.99. The highest BCUT2D eigenvalue weighted by Crippen LogP contribution is 2.28. The molecule has 18 heavy (non-hydrogen) atoms. The number of halogens is 2. The van der Waals surface area contributed by atoms with Gasteiger partial charge in [0.15, 0.2) is 0 Å². The summed E-state index contributed by atoms with van der Waals surface area (Å²) in [7, 11) is 0. The minimum absolute atomic E-state index is 0.582. The van der Waals surface area contributed by atoms with Crippen LogP contribution in [0.3, 0.4) is 0 Å². The van der Waals surface area contributed by atoms with Crippen molar-refractivity contribution < 1.29 is 0 Å². The van der Waals surface area contributed by atoms with E-state index in [2.05, 4.69) is 52.1 Å². The SMILES string of the molecule is CCC(C)C1CN(c2ccc(Cl)c(Br)c2)CCN1. The van der Waals surface area contributed by atoms with Gasteiger partial charge in [0.2, 0.25) is 0 Å². The van der Waals surface area contributed by atoms with Crippen molar-refractivity contribution in [3.63, 3.8) is 0 Å². The Bertz CT molecular complexity index is 411. The third-order valence-corrected chi connectivity index (χ3v) is 5.02. The minimum Gasteiger partial charge on any atom is -0.369 e. The molecule has 1 aliphatic rings. The molecular weight excluding hydrogens is 312 g/mol. The van der Waals surface area contributed by atoms with Crippen LogP contribution >= 0.6 is 27.5 Å². The Labute approximate surface area is 123 Å². The largest absolute Gasteiger partial charge is 0.369 e. The summed E-state index contributed by atoms with van der Waals surface area (Å²) >= 11 is 9.54. The zero-order chi connectivity index (χ0) is 13.1. The van der Waals surface area contributed by atoms with Crippen LogP contribution in [0.5, 0.6) is 0 Å². The molecule has 1 aromatic carbocycles. The first-order valence-corrected chi connectivity index (χ1v) is 7.72. The van der Waals surface area contributed by atoms with E-state index in [9.17, 15) is 0 Å². The van der Waals surface area contributed by atoms with Gasteiger partial charge in [0.05, 0.1) is 5.02 Å². The van der Waals surface area contributed by atoms with Gasteiger partial charge in [-0.15, -0.1) is 0 Å². The van der Waals surface area contributed by atoms with Crippen LogP contribution in [-0.2, 0) is 0 Å². The summed E-state index contributed by atoms with van der Waals surface area (Å²) in [5, 5.41) is 4.39. The molecule has 1 aliphatic heterocycles. The maximum Gasteiger partial charge on any atom is 0.0549 e. The Hall–Kier alpha value is -0.250. The van der Waals surface area contributed by atoms with Crippen LogP contribution in [0, 0.1) is 5.92 Å². The van der Waals surface area contributed by atoms with E-state index in [4.69, 9.17) is 11.6 Å². The number of nitrogens with zero attached hydrogens (tertiary/aromatic N) is 1. The molecule has 2 rings (SSSR count). The molecule has 0 aromatic heterocycles. The van der Waals surface area contributed by atoms with Gasteiger partial charge < -0.3 is 10.2 Å². The molecule has 1 saturated heterocycles. The molecule has 1 aromatic rings. The fraction of sp³-hybridized carbons (Fsp3) is 0.571. The highest BCUT2D eigenvalue weighted by atomic mass is 79.9. The van der Waals surface area contributed by atoms with Crippen LogP contribution in [0.25, 0.3) is 0 Å². The first-order valence-electron chi connectivity index (χ1n) is 6.55. The fourth-order valence-electron chi connectivity index (χ4n) is 2.36. The number of rotatable bonds is 3. The predicted molar refractivity (Wildman–Crippen MR) is 82.6 cm³/mol. The lowest BCUT2D eigenvalue weighted by Gasteiger charge is -2.38. The van der Waals surface area contributed by atoms with Gasteiger partial charge in [-0.2, -0.15) is 0 Å². The lowest BCUT2D eigenvalue weighted by atomic mass is 9.97. The van der Waals surface area contributed by atoms with E-state index in [0.717, 1.165) is 29.1 Å². The number of piperazine rings is 1. The van der Waals surface area contributed by atoms with Crippen LogP contribution in [0.4, 0.5) is 5.69 Å². The van der Waals surface area contributed by atoms with Gasteiger partial charge >= 0.3 is 0 Å². The first kappa shape index (κ1) is 14.2. The zero-order valence-corrected chi connectivity index (χ0v) is 13.3. The molecule has 2 nitrogen and oxygen atoms in total. The predicted octanol–water partition coefficient (Wildman–Crippen LogP) is 3.93. The lowest BCUT2D eigenvalue weighted by molar-refractivity contribution is 0.342. The van der Waals surface area contributed by atoms with E-state index in [1.807, 2.05) is 6.07 Å². The third-order valence-electron chi connectivity index (χ3n) is 3.80. The van der Waals surface area contributed by atoms with Crippen molar-refractivity contribution in [1.82, 2.24) is 5.32 Å². The van der Waals surface area contributed by atoms with E-state index in [-0.39, 0.29) is 0 Å². The molecule has 1 heterocycles. The van der Waals surface area contributed by atoms with Gasteiger partial charge in [0.25, 0.3) is 0 Å². The Morgan fingerprint density at radius 1 is 1.56 bits per heavy atom. The van der Waals surface area contributed by atoms with E-state index in [1.165, 1.54) is 12.1 Å². The van der Waals surface area contributed by atoms with E-state index in [1.54, 1.807) is 0 Å². The first-order chi connectivity index (χ1) is 8.61. The molecule has 0 aliphatic carbocycles. The van der Waals surface area contributed by atoms with Crippen molar-refractivity contribution in [3.8, 4) is 0 Å². The molecule has 2 atom stereocenters. The summed E-state index contributed by atoms with van der Waals surface area (Å²) in [5.41, 5.74) is 1.25. The van der Waals surface area contributed by atoms with Gasteiger partial charge in [-0.3, -0.25) is 0 Å². The molecule has 100 valence electrons. The summed E-state index contributed by atoms with van der Waals surface area (Å²) in [6, 6.07) is 6.76. The monoisotopic (exact) mass is 330 g/mol. The van der Waals surface area contributed by atoms with Gasteiger partial charge in [0.1, 0.15) is 0 Å². The summed E-state index contributed by atoms with van der Waals surface area (Å²) in [5.74, 6) is 0.712. The maximum absolute atomic E-state index is 6.04. The van der Waals surface area contributed by atoms with E-state index < -0.39 is 0 Å². The average Bonchev–Trinajstić information content (AvgIpc) is 2.41. The molecular formula is C14H20BrClN2. The summed E-state index contributed by atoms with van der Waals surface area (Å²) < 4.78 is 0.972. The topological polar surface area (TPSA) is 15.3 Å². The Morgan fingerprint density at radius 3 is 3.00 bits per heavy atom. The fourth-order valence-corrected chi connectivity index (χ4v) is 2.84. The van der Waals surface area contributed by atoms with Crippen LogP contribution in [-0.4, -0.2) is 25.7 Å². The highest BCUT2D eigenvalue weighted by molar-refractivity contribution is 9.10. The smallest absolute Gasteiger partial charge is 0.0549 e. The summed E-state index contributed by atoms with van der Waals surface area (Å²) in [4.78, 5) is 2.44. The normalized spacial score (nSPS) is 22.0. The van der Waals surface area contributed by atoms with Crippen LogP contribution in [0.15, 0.2) is 22.7 Å². The van der Waals surface area contributed by atoms with Crippen molar-refractivity contribution >= 4 is 33.2 Å². The average molecular weight is 332 g/mol. The number of hydrogen-bond donors (Lipinski definition) is 1. The molecule has 1 N–H and O–H groups in total. The zero-order valence-electron chi connectivity index (χ0n) is 10.9. The van der Waals surface area contributed by atoms with Crippen LogP contribution in [0.2, 0.25) is 5.02 Å². The Balaban J connectivity index is 2.10. The van der Waals surface area contributed by atoms with Gasteiger partial charge in [-0.1, -0.05) is 31.9 Å². The molecule has 0 saturated carbocycles. The van der Waals surface area contributed by atoms with Crippen molar-refractivity contribution in [2.75, 3.05) is 24.5 Å². The van der Waals surface area contributed by atoms with E-state index in [0.29, 0.717) is 12.0 Å². The molecule has 0 bridgehead atoms. The molecule has 0 radical (unpaired) electrons. The Morgan fingerprint density at radius 2 is 2.33 bits per heavy atom. The van der Waals surface area contributed by atoms with Crippen molar-refractivity contribution in [2.24, 2.45) is 5.92 Å². The lowest BCUT2D eigenvalue weighted by Crippen LogP contribution is -2.53. The molecule has 0 spiro atoms. The van der Waals surface area contributed by atoms with Crippen molar-refractivity contribution in [3.05, 3.63) is 27.7 Å². The van der Waals surface area contributed by atoms with Gasteiger partial charge in [-0.25, -0.2) is 0 Å². The standard InChI is InChI=1S/C14H20BrClN2/c1-3-10(2)14-9-18(7-6-17-14)11-4-5-13(16)12(15)8-11/h4-5,8,10,14,17H,3,6-7,9H2,1-2H3. The Kier molecular flexibility index (Phi) is 4.93. The summed E-state index contributed by atoms with van der Waals surface area (Å²) in [6.07, 6.45) is 1.22. The van der Waals surface area contributed by atoms with Crippen molar-refractivity contribution in [2.45, 2.75) is 26.3 Å². The van der Waals surface area contributed by atoms with Crippen LogP contribution < -0.4 is 10.2 Å². The van der Waals surface area contributed by atoms with Gasteiger partial charge in [0, 0.05) is 35.8 Å². The number of anilines is 1. The number of nitrogens with one attached hydrogen (secondary N) is 1. The quantitative estimate of drug-likeness (QED) is 0.903. The highest BCUT2D eigenvalue weighted by Gasteiger charge is 2.23. The second kappa shape index (κ2) is 6.27. The minimum atomic E-state index is 0.582. The molecule has 1 fully saturated rings. The maximum atomic E-state index is 6.04. The van der Waals surface area contributed by atoms with Gasteiger partial charge in [-0.05, 0) is 40.0 Å². The second-order valence-corrected chi connectivity index (χ2v) is 6.25. The van der Waals surface area contributed by atoms with Crippen LogP contribution in [0.1, 0.15) is 20.3 Å². The summed E-state index contributed by atoms with van der Waals surface area (Å²) in [6.45, 7) is 7.75. The van der Waals surface area contributed by atoms with Crippen molar-refractivity contribution in [1.29, 1.82) is 0 Å². The van der Waals surface area contributed by atoms with E-state index >= 15 is 0 Å². The molecule has 0 amide bonds.